The maximum Gasteiger partial charge on any atom is 0.187 e. The van der Waals surface area contributed by atoms with E-state index in [1.807, 2.05) is 19.9 Å². The molecule has 23 heavy (non-hydrogen) atoms. The van der Waals surface area contributed by atoms with Gasteiger partial charge in [-0.25, -0.2) is 0 Å². The second-order valence-electron chi connectivity index (χ2n) is 5.90. The van der Waals surface area contributed by atoms with Crippen molar-refractivity contribution in [2.24, 2.45) is 0 Å². The van der Waals surface area contributed by atoms with Crippen molar-refractivity contribution in [3.63, 3.8) is 0 Å². The van der Waals surface area contributed by atoms with Crippen molar-refractivity contribution < 1.29 is 24.1 Å². The first-order chi connectivity index (χ1) is 11.0. The molecule has 0 radical (unpaired) electrons. The maximum atomic E-state index is 11.0. The monoisotopic (exact) mass is 364 g/mol. The van der Waals surface area contributed by atoms with Gasteiger partial charge in [-0.3, -0.25) is 0 Å². The Bertz CT molecular complexity index is 399. The first kappa shape index (κ1) is 19.6. The zero-order chi connectivity index (χ0) is 16.9. The number of aliphatic hydroxyl groups excluding tert-OH is 1. The molecular formula is C16H28O5S2. The van der Waals surface area contributed by atoms with Crippen LogP contribution in [0.25, 0.3) is 0 Å². The molecule has 0 saturated carbocycles. The first-order valence-electron chi connectivity index (χ1n) is 7.94. The van der Waals surface area contributed by atoms with Crippen molar-refractivity contribution in [1.82, 2.24) is 0 Å². The van der Waals surface area contributed by atoms with E-state index in [0.717, 1.165) is 23.5 Å². The molecule has 0 aromatic rings. The van der Waals surface area contributed by atoms with Crippen molar-refractivity contribution in [1.29, 1.82) is 0 Å². The van der Waals surface area contributed by atoms with E-state index in [9.17, 15) is 5.11 Å². The third kappa shape index (κ3) is 4.66. The molecule has 1 atom stereocenters. The van der Waals surface area contributed by atoms with Crippen molar-refractivity contribution in [2.45, 2.75) is 48.9 Å². The lowest BCUT2D eigenvalue weighted by molar-refractivity contribution is -0.112. The van der Waals surface area contributed by atoms with Gasteiger partial charge in [-0.2, -0.15) is 0 Å². The summed E-state index contributed by atoms with van der Waals surface area (Å²) in [6.45, 7) is 5.02. The highest BCUT2D eigenvalue weighted by Crippen LogP contribution is 2.49. The normalized spacial score (nSPS) is 25.7. The van der Waals surface area contributed by atoms with E-state index in [1.165, 1.54) is 0 Å². The Balaban J connectivity index is 2.17. The van der Waals surface area contributed by atoms with E-state index >= 15 is 0 Å². The zero-order valence-electron chi connectivity index (χ0n) is 14.4. The van der Waals surface area contributed by atoms with Gasteiger partial charge in [0, 0.05) is 20.6 Å². The predicted molar refractivity (Wildman–Crippen MR) is 94.8 cm³/mol. The van der Waals surface area contributed by atoms with Crippen LogP contribution in [0.5, 0.6) is 0 Å². The molecule has 0 aromatic carbocycles. The molecule has 2 rings (SSSR count). The molecule has 2 aliphatic rings. The van der Waals surface area contributed by atoms with Gasteiger partial charge in [0.2, 0.25) is 0 Å². The van der Waals surface area contributed by atoms with Gasteiger partial charge in [-0.1, -0.05) is 0 Å². The Morgan fingerprint density at radius 1 is 1.22 bits per heavy atom. The van der Waals surface area contributed by atoms with Gasteiger partial charge in [0.15, 0.2) is 12.1 Å². The molecule has 0 aromatic heterocycles. The number of hydrogen-bond acceptors (Lipinski definition) is 7. The number of aliphatic hydroxyl groups is 1. The van der Waals surface area contributed by atoms with Crippen molar-refractivity contribution >= 4 is 23.5 Å². The number of ether oxygens (including phenoxy) is 4. The molecule has 5 nitrogen and oxygen atoms in total. The fourth-order valence-electron chi connectivity index (χ4n) is 2.75. The SMILES string of the molecule is COC(CC1(C(O)/C=C(\C)C2(C)OCCO2)SCCCS1)OC. The van der Waals surface area contributed by atoms with Crippen LogP contribution in [0.3, 0.4) is 0 Å². The molecule has 2 heterocycles. The molecule has 1 N–H and O–H groups in total. The van der Waals surface area contributed by atoms with Gasteiger partial charge in [0.1, 0.15) is 0 Å². The van der Waals surface area contributed by atoms with Crippen LogP contribution in [0.15, 0.2) is 11.6 Å². The van der Waals surface area contributed by atoms with Crippen LogP contribution in [-0.2, 0) is 18.9 Å². The average molecular weight is 365 g/mol. The van der Waals surface area contributed by atoms with Crippen molar-refractivity contribution in [3.8, 4) is 0 Å². The predicted octanol–water partition coefficient (Wildman–Crippen LogP) is 2.63. The fourth-order valence-corrected chi connectivity index (χ4v) is 6.02. The van der Waals surface area contributed by atoms with Crippen molar-refractivity contribution in [2.75, 3.05) is 38.9 Å². The highest BCUT2D eigenvalue weighted by Gasteiger charge is 2.43. The molecule has 134 valence electrons. The summed E-state index contributed by atoms with van der Waals surface area (Å²) in [5.74, 6) is 1.33. The van der Waals surface area contributed by atoms with Gasteiger partial charge in [0.05, 0.1) is 23.4 Å². The molecule has 0 spiro atoms. The second kappa shape index (κ2) is 8.56. The molecule has 2 fully saturated rings. The first-order valence-corrected chi connectivity index (χ1v) is 9.91. The number of rotatable bonds is 7. The van der Waals surface area contributed by atoms with Crippen LogP contribution in [0.2, 0.25) is 0 Å². The van der Waals surface area contributed by atoms with Crippen LogP contribution in [0.1, 0.15) is 26.7 Å². The molecule has 2 saturated heterocycles. The minimum atomic E-state index is -0.728. The molecule has 7 heteroatoms. The maximum absolute atomic E-state index is 11.0. The summed E-state index contributed by atoms with van der Waals surface area (Å²) in [5.41, 5.74) is 0.903. The van der Waals surface area contributed by atoms with Crippen molar-refractivity contribution in [3.05, 3.63) is 11.6 Å². The van der Waals surface area contributed by atoms with Gasteiger partial charge in [-0.05, 0) is 43.4 Å². The van der Waals surface area contributed by atoms with E-state index in [1.54, 1.807) is 37.7 Å². The summed E-state index contributed by atoms with van der Waals surface area (Å²) < 4.78 is 21.7. The van der Waals surface area contributed by atoms with E-state index in [0.29, 0.717) is 19.6 Å². The molecule has 1 unspecified atom stereocenters. The fraction of sp³-hybridized carbons (Fsp3) is 0.875. The number of methoxy groups -OCH3 is 2. The van der Waals surface area contributed by atoms with Crippen LogP contribution in [-0.4, -0.2) is 66.3 Å². The van der Waals surface area contributed by atoms with Crippen LogP contribution in [0.4, 0.5) is 0 Å². The highest BCUT2D eigenvalue weighted by atomic mass is 32.2. The summed E-state index contributed by atoms with van der Waals surface area (Å²) in [4.78, 5) is 0. The highest BCUT2D eigenvalue weighted by molar-refractivity contribution is 8.18. The number of hydrogen-bond donors (Lipinski definition) is 1. The number of thioether (sulfide) groups is 2. The third-order valence-electron chi connectivity index (χ3n) is 4.37. The topological polar surface area (TPSA) is 57.2 Å². The smallest absolute Gasteiger partial charge is 0.187 e. The van der Waals surface area contributed by atoms with E-state index in [-0.39, 0.29) is 10.4 Å². The Hall–Kier alpha value is 0.240. The Kier molecular flexibility index (Phi) is 7.28. The summed E-state index contributed by atoms with van der Waals surface area (Å²) >= 11 is 3.58. The summed E-state index contributed by atoms with van der Waals surface area (Å²) in [6.07, 6.45) is 2.69. The molecule has 0 aliphatic carbocycles. The minimum absolute atomic E-state index is 0.328. The largest absolute Gasteiger partial charge is 0.387 e. The third-order valence-corrected chi connectivity index (χ3v) is 7.86. The van der Waals surface area contributed by atoms with Gasteiger partial charge >= 0.3 is 0 Å². The molecule has 2 aliphatic heterocycles. The van der Waals surface area contributed by atoms with E-state index in [2.05, 4.69) is 0 Å². The molecule has 0 bridgehead atoms. The standard InChI is InChI=1S/C16H28O5S2/c1-12(15(2)20-6-7-21-15)10-13(17)16(11-14(18-3)19-4)22-8-5-9-23-16/h10,13-14,17H,5-9,11H2,1-4H3/b12-10+. The lowest BCUT2D eigenvalue weighted by atomic mass is 10.0. The summed E-state index contributed by atoms with van der Waals surface area (Å²) in [6, 6.07) is 0. The van der Waals surface area contributed by atoms with Crippen LogP contribution >= 0.6 is 23.5 Å². The van der Waals surface area contributed by atoms with E-state index < -0.39 is 11.9 Å². The lowest BCUT2D eigenvalue weighted by Crippen LogP contribution is -2.42. The van der Waals surface area contributed by atoms with E-state index in [4.69, 9.17) is 18.9 Å². The van der Waals surface area contributed by atoms with Crippen LogP contribution in [0, 0.1) is 0 Å². The lowest BCUT2D eigenvalue weighted by Gasteiger charge is -2.41. The summed E-state index contributed by atoms with van der Waals surface area (Å²) in [5, 5.41) is 11.0. The molecular weight excluding hydrogens is 336 g/mol. The molecule has 0 amide bonds. The quantitative estimate of drug-likeness (QED) is 0.550. The van der Waals surface area contributed by atoms with Gasteiger partial charge in [0.25, 0.3) is 0 Å². The van der Waals surface area contributed by atoms with Gasteiger partial charge in [-0.15, -0.1) is 23.5 Å². The minimum Gasteiger partial charge on any atom is -0.387 e. The zero-order valence-corrected chi connectivity index (χ0v) is 16.0. The van der Waals surface area contributed by atoms with Gasteiger partial charge < -0.3 is 24.1 Å². The Morgan fingerprint density at radius 2 is 1.78 bits per heavy atom. The Labute approximate surface area is 147 Å². The Morgan fingerprint density at radius 3 is 2.30 bits per heavy atom. The average Bonchev–Trinajstić information content (AvgIpc) is 3.01. The second-order valence-corrected chi connectivity index (χ2v) is 9.01. The van der Waals surface area contributed by atoms with Crippen LogP contribution < -0.4 is 0 Å². The summed E-state index contributed by atoms with van der Waals surface area (Å²) in [7, 11) is 3.27.